The minimum absolute atomic E-state index is 0.0481. The Bertz CT molecular complexity index is 437. The summed E-state index contributed by atoms with van der Waals surface area (Å²) in [6, 6.07) is 7.98. The number of likely N-dealkylation sites (N-methyl/N-ethyl adjacent to an activating group) is 1. The summed E-state index contributed by atoms with van der Waals surface area (Å²) in [6.45, 7) is 0.455. The van der Waals surface area contributed by atoms with E-state index in [2.05, 4.69) is 17.3 Å². The van der Waals surface area contributed by atoms with Gasteiger partial charge in [0.15, 0.2) is 0 Å². The topological polar surface area (TPSA) is 41.6 Å². The lowest BCUT2D eigenvalue weighted by molar-refractivity contribution is -0.117. The zero-order chi connectivity index (χ0) is 15.1. The summed E-state index contributed by atoms with van der Waals surface area (Å²) in [5.41, 5.74) is 0.815. The van der Waals surface area contributed by atoms with Crippen LogP contribution in [0.3, 0.4) is 0 Å². The molecule has 0 bridgehead atoms. The van der Waals surface area contributed by atoms with Gasteiger partial charge < -0.3 is 10.1 Å². The van der Waals surface area contributed by atoms with Crippen LogP contribution in [0.25, 0.3) is 0 Å². The van der Waals surface area contributed by atoms with E-state index in [0.717, 1.165) is 11.4 Å². The Hall–Kier alpha value is -1.55. The van der Waals surface area contributed by atoms with Crippen LogP contribution in [0.2, 0.25) is 0 Å². The maximum absolute atomic E-state index is 12.1. The molecule has 0 heterocycles. The molecule has 0 aliphatic heterocycles. The van der Waals surface area contributed by atoms with Crippen LogP contribution in [0.15, 0.2) is 24.3 Å². The first-order valence-corrected chi connectivity index (χ1v) is 7.83. The average Bonchev–Trinajstić information content (AvgIpc) is 2.77. The summed E-state index contributed by atoms with van der Waals surface area (Å²) in [6.07, 6.45) is 7.67. The third-order valence-corrected chi connectivity index (χ3v) is 4.21. The van der Waals surface area contributed by atoms with Gasteiger partial charge in [-0.1, -0.05) is 25.7 Å². The van der Waals surface area contributed by atoms with E-state index in [0.29, 0.717) is 12.6 Å². The number of carbonyl (C=O) groups is 1. The van der Waals surface area contributed by atoms with E-state index in [-0.39, 0.29) is 5.91 Å². The lowest BCUT2D eigenvalue weighted by atomic mass is 10.1. The highest BCUT2D eigenvalue weighted by molar-refractivity contribution is 5.92. The minimum atomic E-state index is 0.0481. The van der Waals surface area contributed by atoms with E-state index < -0.39 is 0 Å². The molecule has 1 saturated carbocycles. The molecule has 116 valence electrons. The number of carbonyl (C=O) groups excluding carboxylic acids is 1. The lowest BCUT2D eigenvalue weighted by Crippen LogP contribution is -2.37. The number of amides is 1. The molecule has 4 nitrogen and oxygen atoms in total. The lowest BCUT2D eigenvalue weighted by Gasteiger charge is -2.26. The van der Waals surface area contributed by atoms with Gasteiger partial charge in [0, 0.05) is 11.7 Å². The van der Waals surface area contributed by atoms with Gasteiger partial charge in [0.05, 0.1) is 13.7 Å². The second kappa shape index (κ2) is 8.03. The molecule has 2 rings (SSSR count). The molecule has 1 aliphatic rings. The molecule has 1 fully saturated rings. The van der Waals surface area contributed by atoms with E-state index in [4.69, 9.17) is 4.74 Å². The summed E-state index contributed by atoms with van der Waals surface area (Å²) in [5.74, 6) is 0.843. The first-order chi connectivity index (χ1) is 10.2. The molecule has 0 atom stereocenters. The van der Waals surface area contributed by atoms with E-state index in [1.54, 1.807) is 7.11 Å². The van der Waals surface area contributed by atoms with Gasteiger partial charge >= 0.3 is 0 Å². The fraction of sp³-hybridized carbons (Fsp3) is 0.588. The fourth-order valence-corrected chi connectivity index (χ4v) is 2.93. The third-order valence-electron chi connectivity index (χ3n) is 4.21. The minimum Gasteiger partial charge on any atom is -0.497 e. The Morgan fingerprint density at radius 1 is 1.19 bits per heavy atom. The van der Waals surface area contributed by atoms with Crippen molar-refractivity contribution in [3.05, 3.63) is 24.3 Å². The molecule has 0 aromatic heterocycles. The van der Waals surface area contributed by atoms with Crippen LogP contribution in [0, 0.1) is 0 Å². The molecule has 0 saturated heterocycles. The van der Waals surface area contributed by atoms with Gasteiger partial charge in [-0.05, 0) is 44.2 Å². The molecular weight excluding hydrogens is 264 g/mol. The van der Waals surface area contributed by atoms with Crippen molar-refractivity contribution in [2.75, 3.05) is 26.0 Å². The van der Waals surface area contributed by atoms with Gasteiger partial charge in [-0.25, -0.2) is 0 Å². The third kappa shape index (κ3) is 5.05. The summed E-state index contributed by atoms with van der Waals surface area (Å²) >= 11 is 0. The summed E-state index contributed by atoms with van der Waals surface area (Å²) < 4.78 is 5.11. The highest BCUT2D eigenvalue weighted by atomic mass is 16.5. The van der Waals surface area contributed by atoms with Crippen LogP contribution in [0.4, 0.5) is 5.69 Å². The van der Waals surface area contributed by atoms with E-state index in [1.807, 2.05) is 24.3 Å². The summed E-state index contributed by atoms with van der Waals surface area (Å²) in [4.78, 5) is 14.3. The van der Waals surface area contributed by atoms with E-state index >= 15 is 0 Å². The maximum Gasteiger partial charge on any atom is 0.238 e. The normalized spacial score (nSPS) is 16.5. The molecule has 21 heavy (non-hydrogen) atoms. The van der Waals surface area contributed by atoms with Gasteiger partial charge in [-0.3, -0.25) is 9.69 Å². The number of rotatable bonds is 5. The molecule has 1 aromatic rings. The van der Waals surface area contributed by atoms with Crippen molar-refractivity contribution in [1.82, 2.24) is 4.90 Å². The number of nitrogens with zero attached hydrogens (tertiary/aromatic N) is 1. The van der Waals surface area contributed by atoms with Crippen molar-refractivity contribution in [3.63, 3.8) is 0 Å². The molecular formula is C17H26N2O2. The second-order valence-corrected chi connectivity index (χ2v) is 5.84. The smallest absolute Gasteiger partial charge is 0.238 e. The zero-order valence-electron chi connectivity index (χ0n) is 13.1. The van der Waals surface area contributed by atoms with Gasteiger partial charge in [-0.15, -0.1) is 0 Å². The van der Waals surface area contributed by atoms with Crippen molar-refractivity contribution in [3.8, 4) is 5.75 Å². The van der Waals surface area contributed by atoms with Crippen LogP contribution in [0.1, 0.15) is 38.5 Å². The first kappa shape index (κ1) is 15.8. The van der Waals surface area contributed by atoms with Crippen molar-refractivity contribution in [2.24, 2.45) is 0 Å². The summed E-state index contributed by atoms with van der Waals surface area (Å²) in [7, 11) is 3.69. The number of benzene rings is 1. The quantitative estimate of drug-likeness (QED) is 0.846. The number of ether oxygens (including phenoxy) is 1. The van der Waals surface area contributed by atoms with Gasteiger partial charge in [0.25, 0.3) is 0 Å². The monoisotopic (exact) mass is 290 g/mol. The van der Waals surface area contributed by atoms with Crippen LogP contribution in [-0.2, 0) is 4.79 Å². The molecule has 1 aromatic carbocycles. The second-order valence-electron chi connectivity index (χ2n) is 5.84. The largest absolute Gasteiger partial charge is 0.497 e. The Kier molecular flexibility index (Phi) is 6.05. The molecule has 1 amide bonds. The molecule has 1 aliphatic carbocycles. The van der Waals surface area contributed by atoms with Gasteiger partial charge in [0.1, 0.15) is 5.75 Å². The Morgan fingerprint density at radius 2 is 1.81 bits per heavy atom. The Balaban J connectivity index is 1.82. The summed E-state index contributed by atoms with van der Waals surface area (Å²) in [5, 5.41) is 2.94. The highest BCUT2D eigenvalue weighted by Crippen LogP contribution is 2.21. The molecule has 4 heteroatoms. The predicted octanol–water partition coefficient (Wildman–Crippen LogP) is 3.29. The number of hydrogen-bond donors (Lipinski definition) is 1. The van der Waals surface area contributed by atoms with Crippen molar-refractivity contribution in [2.45, 2.75) is 44.6 Å². The van der Waals surface area contributed by atoms with Gasteiger partial charge in [-0.2, -0.15) is 0 Å². The van der Waals surface area contributed by atoms with Crippen LogP contribution in [-0.4, -0.2) is 37.6 Å². The Morgan fingerprint density at radius 3 is 2.38 bits per heavy atom. The fourth-order valence-electron chi connectivity index (χ4n) is 2.93. The van der Waals surface area contributed by atoms with E-state index in [1.165, 1.54) is 38.5 Å². The average molecular weight is 290 g/mol. The van der Waals surface area contributed by atoms with E-state index in [9.17, 15) is 4.79 Å². The predicted molar refractivity (Wildman–Crippen MR) is 85.7 cm³/mol. The molecule has 0 unspecified atom stereocenters. The maximum atomic E-state index is 12.1. The standard InChI is InChI=1S/C17H26N2O2/c1-19(15-7-5-3-4-6-8-15)13-17(20)18-14-9-11-16(21-2)12-10-14/h9-12,15H,3-8,13H2,1-2H3,(H,18,20). The van der Waals surface area contributed by atoms with Crippen LogP contribution in [0.5, 0.6) is 5.75 Å². The van der Waals surface area contributed by atoms with Crippen molar-refractivity contribution in [1.29, 1.82) is 0 Å². The van der Waals surface area contributed by atoms with Crippen molar-refractivity contribution >= 4 is 11.6 Å². The number of methoxy groups -OCH3 is 1. The highest BCUT2D eigenvalue weighted by Gasteiger charge is 2.18. The Labute approximate surface area is 127 Å². The number of nitrogens with one attached hydrogen (secondary N) is 1. The van der Waals surface area contributed by atoms with Crippen LogP contribution < -0.4 is 10.1 Å². The first-order valence-electron chi connectivity index (χ1n) is 7.83. The number of anilines is 1. The molecule has 0 spiro atoms. The molecule has 1 N–H and O–H groups in total. The van der Waals surface area contributed by atoms with Crippen LogP contribution >= 0.6 is 0 Å². The molecule has 0 radical (unpaired) electrons. The van der Waals surface area contributed by atoms with Crippen molar-refractivity contribution < 1.29 is 9.53 Å². The number of hydrogen-bond acceptors (Lipinski definition) is 3. The zero-order valence-corrected chi connectivity index (χ0v) is 13.1. The SMILES string of the molecule is COc1ccc(NC(=O)CN(C)C2CCCCCC2)cc1. The van der Waals surface area contributed by atoms with Gasteiger partial charge in [0.2, 0.25) is 5.91 Å².